The van der Waals surface area contributed by atoms with Gasteiger partial charge in [-0.15, -0.1) is 12.4 Å². The third-order valence-corrected chi connectivity index (χ3v) is 4.97. The van der Waals surface area contributed by atoms with Gasteiger partial charge in [-0.05, 0) is 55.0 Å². The molecule has 0 aromatic heterocycles. The maximum atomic E-state index is 12.7. The number of methoxy groups -OCH3 is 1. The summed E-state index contributed by atoms with van der Waals surface area (Å²) in [6.45, 7) is 5.11. The number of fused-ring (bicyclic) bond motifs is 2. The molecule has 1 aliphatic heterocycles. The molecular weight excluding hydrogens is 444 g/mol. The van der Waals surface area contributed by atoms with E-state index in [0.29, 0.717) is 33.7 Å². The Hall–Kier alpha value is -4.10. The molecule has 0 atom stereocenters. The van der Waals surface area contributed by atoms with Gasteiger partial charge in [-0.25, -0.2) is 9.59 Å². The van der Waals surface area contributed by atoms with Crippen LogP contribution in [0.1, 0.15) is 17.3 Å². The zero-order chi connectivity index (χ0) is 23.0. The number of anilines is 1. The van der Waals surface area contributed by atoms with E-state index in [1.807, 2.05) is 6.07 Å². The first-order valence-corrected chi connectivity index (χ1v) is 9.69. The van der Waals surface area contributed by atoms with E-state index < -0.39 is 11.9 Å². The number of nitrogen functional groups attached to an aromatic ring is 1. The van der Waals surface area contributed by atoms with Gasteiger partial charge in [0, 0.05) is 39.9 Å². The molecule has 0 fully saturated rings. The summed E-state index contributed by atoms with van der Waals surface area (Å²) >= 11 is 0. The molecule has 33 heavy (non-hydrogen) atoms. The largest absolute Gasteiger partial charge is 0.465 e. The van der Waals surface area contributed by atoms with Crippen LogP contribution >= 0.6 is 12.4 Å². The van der Waals surface area contributed by atoms with E-state index in [1.165, 1.54) is 20.1 Å². The van der Waals surface area contributed by atoms with Crippen LogP contribution in [0.2, 0.25) is 0 Å². The number of rotatable bonds is 4. The van der Waals surface area contributed by atoms with Gasteiger partial charge < -0.3 is 25.0 Å². The Balaban J connectivity index is 0.00000306. The lowest BCUT2D eigenvalue weighted by Crippen LogP contribution is -2.10. The number of benzene rings is 3. The molecule has 8 heteroatoms. The van der Waals surface area contributed by atoms with Crippen molar-refractivity contribution in [2.24, 2.45) is 0 Å². The maximum absolute atomic E-state index is 12.7. The van der Waals surface area contributed by atoms with E-state index in [-0.39, 0.29) is 34.7 Å². The van der Waals surface area contributed by atoms with Crippen molar-refractivity contribution < 1.29 is 23.5 Å². The summed E-state index contributed by atoms with van der Waals surface area (Å²) in [5.74, 6) is -0.530. The number of hydrogen-bond donors (Lipinski definition) is 2. The van der Waals surface area contributed by atoms with E-state index >= 15 is 0 Å². The molecule has 2 aromatic carbocycles. The number of esters is 2. The van der Waals surface area contributed by atoms with Crippen molar-refractivity contribution in [2.75, 3.05) is 12.8 Å². The lowest BCUT2D eigenvalue weighted by molar-refractivity contribution is -0.130. The van der Waals surface area contributed by atoms with Crippen LogP contribution < -0.4 is 15.8 Å². The molecule has 0 unspecified atom stereocenters. The molecule has 7 nitrogen and oxygen atoms in total. The lowest BCUT2D eigenvalue weighted by Gasteiger charge is -2.18. The molecule has 1 aliphatic carbocycles. The summed E-state index contributed by atoms with van der Waals surface area (Å²) in [6.07, 6.45) is 0. The standard InChI is InChI=1S/C25H20N2O5.ClH/c1-13(2)24(28)31-16-6-9-17(20(12-16)25(29)30-3)23-18-7-4-14(26)10-21(18)32-22-11-15(27)5-8-19(22)23;/h4-12,26H,1,27H2,2-3H3;1H. The molecule has 0 amide bonds. The number of carbonyl (C=O) groups excluding carboxylic acids is 2. The highest BCUT2D eigenvalue weighted by Gasteiger charge is 2.23. The minimum atomic E-state index is -0.596. The zero-order valence-corrected chi connectivity index (χ0v) is 18.7. The summed E-state index contributed by atoms with van der Waals surface area (Å²) < 4.78 is 16.3. The number of ether oxygens (including phenoxy) is 2. The molecule has 0 saturated carbocycles. The highest BCUT2D eigenvalue weighted by molar-refractivity contribution is 6.08. The lowest BCUT2D eigenvalue weighted by atomic mass is 9.90. The van der Waals surface area contributed by atoms with Crippen LogP contribution in [0.25, 0.3) is 33.4 Å². The molecule has 0 saturated heterocycles. The van der Waals surface area contributed by atoms with Crippen molar-refractivity contribution >= 4 is 41.0 Å². The third-order valence-electron chi connectivity index (χ3n) is 4.97. The Kier molecular flexibility index (Phi) is 6.55. The predicted molar refractivity (Wildman–Crippen MR) is 128 cm³/mol. The minimum absolute atomic E-state index is 0. The second-order valence-corrected chi connectivity index (χ2v) is 7.31. The Bertz CT molecular complexity index is 1440. The summed E-state index contributed by atoms with van der Waals surface area (Å²) in [6, 6.07) is 15.0. The molecule has 2 aliphatic rings. The third kappa shape index (κ3) is 4.44. The Morgan fingerprint density at radius 3 is 2.45 bits per heavy atom. The Labute approximate surface area is 195 Å². The zero-order valence-electron chi connectivity index (χ0n) is 17.9. The molecule has 1 heterocycles. The summed E-state index contributed by atoms with van der Waals surface area (Å²) in [4.78, 5) is 24.7. The average molecular weight is 465 g/mol. The van der Waals surface area contributed by atoms with Crippen LogP contribution in [0, 0.1) is 5.41 Å². The molecule has 0 bridgehead atoms. The van der Waals surface area contributed by atoms with Gasteiger partial charge in [0.2, 0.25) is 0 Å². The van der Waals surface area contributed by atoms with Gasteiger partial charge in [-0.3, -0.25) is 0 Å². The Morgan fingerprint density at radius 2 is 1.76 bits per heavy atom. The van der Waals surface area contributed by atoms with Crippen molar-refractivity contribution in [3.05, 3.63) is 77.7 Å². The molecule has 2 aromatic rings. The van der Waals surface area contributed by atoms with Crippen molar-refractivity contribution in [1.29, 1.82) is 5.41 Å². The highest BCUT2D eigenvalue weighted by Crippen LogP contribution is 2.42. The highest BCUT2D eigenvalue weighted by atomic mass is 35.5. The fourth-order valence-corrected chi connectivity index (χ4v) is 3.47. The topological polar surface area (TPSA) is 116 Å². The molecular formula is C25H21ClN2O5. The van der Waals surface area contributed by atoms with Crippen molar-refractivity contribution in [3.8, 4) is 28.2 Å². The number of nitrogens with two attached hydrogens (primary N) is 1. The van der Waals surface area contributed by atoms with E-state index in [1.54, 1.807) is 42.5 Å². The van der Waals surface area contributed by atoms with Crippen molar-refractivity contribution in [3.63, 3.8) is 0 Å². The van der Waals surface area contributed by atoms with Gasteiger partial charge in [0.15, 0.2) is 0 Å². The number of nitrogens with one attached hydrogen (secondary N) is 1. The van der Waals surface area contributed by atoms with Crippen molar-refractivity contribution in [1.82, 2.24) is 0 Å². The summed E-state index contributed by atoms with van der Waals surface area (Å²) in [5.41, 5.74) is 9.38. The molecule has 0 spiro atoms. The minimum Gasteiger partial charge on any atom is -0.465 e. The normalized spacial score (nSPS) is 10.5. The van der Waals surface area contributed by atoms with Gasteiger partial charge in [0.05, 0.1) is 18.0 Å². The number of hydrogen-bond acceptors (Lipinski definition) is 7. The summed E-state index contributed by atoms with van der Waals surface area (Å²) in [5, 5.41) is 8.96. The Morgan fingerprint density at radius 1 is 1.03 bits per heavy atom. The quantitative estimate of drug-likeness (QED) is 0.145. The van der Waals surface area contributed by atoms with Gasteiger partial charge in [0.25, 0.3) is 0 Å². The fraction of sp³-hybridized carbons (Fsp3) is 0.0800. The molecule has 4 rings (SSSR count). The fourth-order valence-electron chi connectivity index (χ4n) is 3.47. The van der Waals surface area contributed by atoms with Gasteiger partial charge >= 0.3 is 11.9 Å². The van der Waals surface area contributed by atoms with Crippen LogP contribution in [-0.4, -0.2) is 19.0 Å². The van der Waals surface area contributed by atoms with E-state index in [0.717, 1.165) is 5.39 Å². The second-order valence-electron chi connectivity index (χ2n) is 7.31. The number of halogens is 1. The monoisotopic (exact) mass is 464 g/mol. The maximum Gasteiger partial charge on any atom is 0.338 e. The van der Waals surface area contributed by atoms with Gasteiger partial charge in [-0.1, -0.05) is 6.58 Å². The van der Waals surface area contributed by atoms with E-state index in [9.17, 15) is 9.59 Å². The molecule has 0 radical (unpaired) electrons. The second kappa shape index (κ2) is 9.18. The number of carbonyl (C=O) groups is 2. The molecule has 3 N–H and O–H groups in total. The van der Waals surface area contributed by atoms with Gasteiger partial charge in [-0.2, -0.15) is 0 Å². The average Bonchev–Trinajstić information content (AvgIpc) is 2.76. The van der Waals surface area contributed by atoms with Crippen LogP contribution in [0.5, 0.6) is 5.75 Å². The molecule has 168 valence electrons. The van der Waals surface area contributed by atoms with E-state index in [2.05, 4.69) is 6.58 Å². The van der Waals surface area contributed by atoms with Crippen LogP contribution in [0.3, 0.4) is 0 Å². The van der Waals surface area contributed by atoms with Crippen LogP contribution in [-0.2, 0) is 9.53 Å². The van der Waals surface area contributed by atoms with E-state index in [4.69, 9.17) is 25.0 Å². The first kappa shape index (κ1) is 23.6. The smallest absolute Gasteiger partial charge is 0.338 e. The van der Waals surface area contributed by atoms with Crippen LogP contribution in [0.15, 0.2) is 71.2 Å². The predicted octanol–water partition coefficient (Wildman–Crippen LogP) is 4.96. The van der Waals surface area contributed by atoms with Crippen molar-refractivity contribution in [2.45, 2.75) is 6.92 Å². The summed E-state index contributed by atoms with van der Waals surface area (Å²) in [7, 11) is 1.28. The SMILES string of the molecule is C=C(C)C(=O)Oc1ccc(-c2c3ccc(=N)cc-3oc3cc(N)ccc23)c(C(=O)OC)c1.Cl. The van der Waals surface area contributed by atoms with Gasteiger partial charge in [0.1, 0.15) is 17.1 Å². The first-order chi connectivity index (χ1) is 15.3. The van der Waals surface area contributed by atoms with Crippen LogP contribution in [0.4, 0.5) is 5.69 Å². The first-order valence-electron chi connectivity index (χ1n) is 9.69.